The number of carbonyl (C=O) groups is 2. The van der Waals surface area contributed by atoms with E-state index in [0.717, 1.165) is 0 Å². The first-order valence-corrected chi connectivity index (χ1v) is 8.60. The molecule has 1 atom stereocenters. The first-order chi connectivity index (χ1) is 12.0. The minimum Gasteiger partial charge on any atom is -0.444 e. The van der Waals surface area contributed by atoms with E-state index in [4.69, 9.17) is 21.1 Å². The predicted molar refractivity (Wildman–Crippen MR) is 96.5 cm³/mol. The molecule has 0 radical (unpaired) electrons. The summed E-state index contributed by atoms with van der Waals surface area (Å²) in [6.07, 6.45) is -0.161. The highest BCUT2D eigenvalue weighted by molar-refractivity contribution is 6.17. The highest BCUT2D eigenvalue weighted by atomic mass is 35.5. The van der Waals surface area contributed by atoms with Gasteiger partial charge in [0.05, 0.1) is 4.92 Å². The van der Waals surface area contributed by atoms with Crippen molar-refractivity contribution in [1.29, 1.82) is 0 Å². The molecule has 1 unspecified atom stereocenters. The van der Waals surface area contributed by atoms with Crippen LogP contribution in [0.1, 0.15) is 34.1 Å². The number of halogens is 1. The zero-order valence-electron chi connectivity index (χ0n) is 15.2. The summed E-state index contributed by atoms with van der Waals surface area (Å²) >= 11 is 5.69. The van der Waals surface area contributed by atoms with Crippen molar-refractivity contribution in [2.75, 3.05) is 12.4 Å². The molecule has 26 heavy (non-hydrogen) atoms. The van der Waals surface area contributed by atoms with Crippen LogP contribution in [-0.4, -0.2) is 46.0 Å². The lowest BCUT2D eigenvalue weighted by Gasteiger charge is -2.30. The summed E-state index contributed by atoms with van der Waals surface area (Å²) in [5.41, 5.74) is -0.825. The molecule has 0 heterocycles. The Morgan fingerprint density at radius 1 is 1.27 bits per heavy atom. The summed E-state index contributed by atoms with van der Waals surface area (Å²) < 4.78 is 10.5. The number of carbonyl (C=O) groups excluding carboxylic acids is 2. The number of non-ortho nitro benzene ring substituents is 1. The van der Waals surface area contributed by atoms with E-state index in [2.05, 4.69) is 0 Å². The third kappa shape index (κ3) is 6.87. The number of hydrogen-bond donors (Lipinski definition) is 0. The minimum atomic E-state index is -0.914. The number of ether oxygens (including phenoxy) is 2. The summed E-state index contributed by atoms with van der Waals surface area (Å²) in [6, 6.07) is 4.18. The molecule has 1 amide bonds. The summed E-state index contributed by atoms with van der Waals surface area (Å²) in [5.74, 6) is -0.211. The van der Waals surface area contributed by atoms with Crippen LogP contribution in [0.3, 0.4) is 0 Å². The average Bonchev–Trinajstić information content (AvgIpc) is 2.53. The van der Waals surface area contributed by atoms with Gasteiger partial charge in [-0.3, -0.25) is 15.0 Å². The third-order valence-corrected chi connectivity index (χ3v) is 3.50. The first-order valence-electron chi connectivity index (χ1n) is 8.07. The van der Waals surface area contributed by atoms with Crippen molar-refractivity contribution >= 4 is 29.4 Å². The van der Waals surface area contributed by atoms with Crippen LogP contribution < -0.4 is 4.74 Å². The van der Waals surface area contributed by atoms with Crippen molar-refractivity contribution in [2.24, 2.45) is 0 Å². The molecular weight excluding hydrogens is 364 g/mol. The van der Waals surface area contributed by atoms with Crippen molar-refractivity contribution in [2.45, 2.75) is 45.8 Å². The maximum absolute atomic E-state index is 12.4. The molecule has 0 bridgehead atoms. The van der Waals surface area contributed by atoms with E-state index in [1.165, 1.54) is 36.1 Å². The fourth-order valence-electron chi connectivity index (χ4n) is 1.96. The van der Waals surface area contributed by atoms with Gasteiger partial charge in [-0.1, -0.05) is 0 Å². The second kappa shape index (κ2) is 9.38. The van der Waals surface area contributed by atoms with Gasteiger partial charge >= 0.3 is 12.1 Å². The number of nitro groups is 1. The van der Waals surface area contributed by atoms with E-state index >= 15 is 0 Å². The molecule has 0 aliphatic rings. The number of benzene rings is 1. The molecule has 0 fully saturated rings. The van der Waals surface area contributed by atoms with Crippen LogP contribution in [0.2, 0.25) is 0 Å². The van der Waals surface area contributed by atoms with Crippen LogP contribution in [0.5, 0.6) is 5.75 Å². The predicted octanol–water partition coefficient (Wildman–Crippen LogP) is 3.75. The molecule has 0 saturated heterocycles. The van der Waals surface area contributed by atoms with Crippen molar-refractivity contribution in [1.82, 2.24) is 4.90 Å². The van der Waals surface area contributed by atoms with Gasteiger partial charge in [0.1, 0.15) is 17.4 Å². The van der Waals surface area contributed by atoms with E-state index in [1.54, 1.807) is 20.8 Å². The lowest BCUT2D eigenvalue weighted by Crippen LogP contribution is -2.47. The lowest BCUT2D eigenvalue weighted by molar-refractivity contribution is -0.384. The van der Waals surface area contributed by atoms with Crippen LogP contribution in [0, 0.1) is 10.1 Å². The number of hydrogen-bond acceptors (Lipinski definition) is 6. The molecule has 0 N–H and O–H groups in total. The summed E-state index contributed by atoms with van der Waals surface area (Å²) in [4.78, 5) is 36.1. The van der Waals surface area contributed by atoms with E-state index in [1.807, 2.05) is 0 Å². The summed E-state index contributed by atoms with van der Waals surface area (Å²) in [5, 5.41) is 10.7. The van der Waals surface area contributed by atoms with E-state index in [-0.39, 0.29) is 18.0 Å². The van der Waals surface area contributed by atoms with Gasteiger partial charge in [0.25, 0.3) is 5.69 Å². The van der Waals surface area contributed by atoms with Gasteiger partial charge in [-0.25, -0.2) is 9.59 Å². The molecule has 0 saturated carbocycles. The number of nitro benzene ring substituents is 1. The van der Waals surface area contributed by atoms with Gasteiger partial charge in [-0.15, -0.1) is 11.6 Å². The normalized spacial score (nSPS) is 12.2. The van der Waals surface area contributed by atoms with Crippen LogP contribution in [-0.2, 0) is 9.53 Å². The lowest BCUT2D eigenvalue weighted by atomic mass is 10.2. The summed E-state index contributed by atoms with van der Waals surface area (Å²) in [7, 11) is 0. The van der Waals surface area contributed by atoms with E-state index in [9.17, 15) is 19.7 Å². The number of esters is 1. The van der Waals surface area contributed by atoms with Crippen molar-refractivity contribution in [3.05, 3.63) is 34.4 Å². The Bertz CT molecular complexity index is 642. The zero-order valence-corrected chi connectivity index (χ0v) is 16.0. The highest BCUT2D eigenvalue weighted by Crippen LogP contribution is 2.19. The Balaban J connectivity index is 2.84. The van der Waals surface area contributed by atoms with E-state index < -0.39 is 28.6 Å². The van der Waals surface area contributed by atoms with E-state index in [0.29, 0.717) is 12.3 Å². The Morgan fingerprint density at radius 3 is 2.31 bits per heavy atom. The topological polar surface area (TPSA) is 99.0 Å². The minimum absolute atomic E-state index is 0.115. The monoisotopic (exact) mass is 386 g/mol. The molecule has 0 spiro atoms. The molecule has 0 aliphatic heterocycles. The number of amides is 1. The second-order valence-corrected chi connectivity index (χ2v) is 6.94. The average molecular weight is 387 g/mol. The van der Waals surface area contributed by atoms with Crippen LogP contribution >= 0.6 is 11.6 Å². The van der Waals surface area contributed by atoms with Gasteiger partial charge in [0.2, 0.25) is 0 Å². The molecule has 1 aromatic rings. The molecule has 1 aromatic carbocycles. The Labute approximate surface area is 157 Å². The maximum Gasteiger partial charge on any atom is 0.411 e. The Morgan fingerprint density at radius 2 is 1.85 bits per heavy atom. The first kappa shape index (κ1) is 21.7. The van der Waals surface area contributed by atoms with Crippen LogP contribution in [0.4, 0.5) is 10.5 Å². The van der Waals surface area contributed by atoms with Gasteiger partial charge in [0.15, 0.2) is 0 Å². The van der Waals surface area contributed by atoms with Crippen LogP contribution in [0.25, 0.3) is 0 Å². The SMILES string of the molecule is CC(C(=O)Oc1ccc([N+](=O)[O-])cc1)N(CCCCl)C(=O)OC(C)(C)C. The van der Waals surface area contributed by atoms with Crippen LogP contribution in [0.15, 0.2) is 24.3 Å². The van der Waals surface area contributed by atoms with Crippen molar-refractivity contribution < 1.29 is 24.0 Å². The highest BCUT2D eigenvalue weighted by Gasteiger charge is 2.30. The number of nitrogens with zero attached hydrogens (tertiary/aromatic N) is 2. The molecule has 8 nitrogen and oxygen atoms in total. The van der Waals surface area contributed by atoms with Crippen molar-refractivity contribution in [3.8, 4) is 5.75 Å². The molecular formula is C17H23ClN2O6. The molecule has 1 rings (SSSR count). The fraction of sp³-hybridized carbons (Fsp3) is 0.529. The fourth-order valence-corrected chi connectivity index (χ4v) is 2.08. The maximum atomic E-state index is 12.4. The second-order valence-electron chi connectivity index (χ2n) is 6.56. The molecule has 0 aliphatic carbocycles. The van der Waals surface area contributed by atoms with Gasteiger partial charge in [-0.05, 0) is 46.2 Å². The number of alkyl halides is 1. The Kier molecular flexibility index (Phi) is 7.82. The standard InChI is InChI=1S/C17H23ClN2O6/c1-12(19(11-5-10-18)16(22)26-17(2,3)4)15(21)25-14-8-6-13(7-9-14)20(23)24/h6-9,12H,5,10-11H2,1-4H3. The Hall–Kier alpha value is -2.35. The van der Waals surface area contributed by atoms with Crippen molar-refractivity contribution in [3.63, 3.8) is 0 Å². The largest absolute Gasteiger partial charge is 0.444 e. The van der Waals surface area contributed by atoms with Gasteiger partial charge in [0, 0.05) is 24.6 Å². The van der Waals surface area contributed by atoms with Gasteiger partial charge in [-0.2, -0.15) is 0 Å². The smallest absolute Gasteiger partial charge is 0.411 e. The molecule has 9 heteroatoms. The number of rotatable bonds is 7. The summed E-state index contributed by atoms with van der Waals surface area (Å²) in [6.45, 7) is 6.93. The molecule has 0 aromatic heterocycles. The van der Waals surface area contributed by atoms with Gasteiger partial charge < -0.3 is 9.47 Å². The quantitative estimate of drug-likeness (QED) is 0.232. The zero-order chi connectivity index (χ0) is 19.9. The third-order valence-electron chi connectivity index (χ3n) is 3.24. The molecule has 144 valence electrons.